The number of amides is 6. The van der Waals surface area contributed by atoms with E-state index in [0.717, 1.165) is 34.1 Å². The van der Waals surface area contributed by atoms with Crippen molar-refractivity contribution in [1.82, 2.24) is 25.1 Å². The summed E-state index contributed by atoms with van der Waals surface area (Å²) in [5.41, 5.74) is 0. The van der Waals surface area contributed by atoms with E-state index in [1.807, 2.05) is 0 Å². The molecule has 4 N–H and O–H groups in total. The Balaban J connectivity index is 1.54. The lowest BCUT2D eigenvalue weighted by molar-refractivity contribution is -1.12. The quantitative estimate of drug-likeness (QED) is 0.0854. The third-order valence-corrected chi connectivity index (χ3v) is 7.27. The fourth-order valence-corrected chi connectivity index (χ4v) is 4.97. The minimum atomic E-state index is -3.74. The lowest BCUT2D eigenvalue weighted by atomic mass is 10.4. The zero-order valence-corrected chi connectivity index (χ0v) is 19.8. The first-order valence-electron chi connectivity index (χ1n) is 10.8. The summed E-state index contributed by atoms with van der Waals surface area (Å²) in [5.74, 6) is -5.25. The average molecular weight is 527 g/mol. The van der Waals surface area contributed by atoms with Gasteiger partial charge in [-0.3, -0.25) is 33.5 Å². The largest absolute Gasteiger partial charge is 0.397 e. The summed E-state index contributed by atoms with van der Waals surface area (Å²) in [4.78, 5) is 86.4. The first-order chi connectivity index (χ1) is 16.9. The fraction of sp³-hybridized carbons (Fsp3) is 0.421. The molecule has 0 aromatic heterocycles. The van der Waals surface area contributed by atoms with Crippen LogP contribution in [-0.4, -0.2) is 94.0 Å². The number of rotatable bonds is 13. The molecule has 0 radical (unpaired) electrons. The van der Waals surface area contributed by atoms with E-state index in [-0.39, 0.29) is 45.6 Å². The predicted octanol–water partition coefficient (Wildman–Crippen LogP) is -2.39. The van der Waals surface area contributed by atoms with Crippen LogP contribution in [0.2, 0.25) is 0 Å². The second-order valence-electron chi connectivity index (χ2n) is 7.73. The third-order valence-electron chi connectivity index (χ3n) is 5.27. The number of carbonyl (C=O) groups excluding carboxylic acids is 7. The van der Waals surface area contributed by atoms with E-state index in [1.54, 1.807) is 0 Å². The first-order valence-corrected chi connectivity index (χ1v) is 12.5. The average Bonchev–Trinajstić information content (AvgIpc) is 3.40. The Hall–Kier alpha value is -3.40. The standard InChI is InChI=1S/C19H24N6O10P/c26-13-1-2-14(27)23(13)11-9-21-36(34,22-10-12-24-15(28)3-4-16(24)29)20-8-7-19(32)35-25(33)17(30)5-6-18(25)31/h1-4,33H,5-12H2,(H3,20,21,22,34)/q+1. The Morgan fingerprint density at radius 2 is 1.19 bits per heavy atom. The van der Waals surface area contributed by atoms with Crippen LogP contribution in [0.4, 0.5) is 0 Å². The summed E-state index contributed by atoms with van der Waals surface area (Å²) < 4.78 is 13.3. The number of nitrogens with zero attached hydrogens (tertiary/aromatic N) is 3. The predicted molar refractivity (Wildman–Crippen MR) is 115 cm³/mol. The van der Waals surface area contributed by atoms with E-state index in [4.69, 9.17) is 0 Å². The van der Waals surface area contributed by atoms with Gasteiger partial charge in [-0.1, -0.05) is 0 Å². The maximum absolute atomic E-state index is 13.3. The van der Waals surface area contributed by atoms with Crippen LogP contribution in [0.3, 0.4) is 0 Å². The molecule has 1 saturated heterocycles. The van der Waals surface area contributed by atoms with Crippen LogP contribution in [0.15, 0.2) is 24.3 Å². The van der Waals surface area contributed by atoms with Crippen molar-refractivity contribution >= 4 is 49.0 Å². The van der Waals surface area contributed by atoms with Gasteiger partial charge in [-0.2, -0.15) is 5.21 Å². The number of hydrogen-bond donors (Lipinski definition) is 4. The van der Waals surface area contributed by atoms with Gasteiger partial charge in [0.2, 0.25) is 0 Å². The van der Waals surface area contributed by atoms with Crippen LogP contribution in [0.1, 0.15) is 19.3 Å². The third kappa shape index (κ3) is 6.23. The second kappa shape index (κ2) is 11.1. The number of imide groups is 3. The highest BCUT2D eigenvalue weighted by atomic mass is 31.2. The van der Waals surface area contributed by atoms with Gasteiger partial charge < -0.3 is 0 Å². The highest BCUT2D eigenvalue weighted by Crippen LogP contribution is 2.30. The van der Waals surface area contributed by atoms with Gasteiger partial charge in [0.1, 0.15) is 4.81 Å². The smallest absolute Gasteiger partial charge is 0.274 e. The fourth-order valence-electron chi connectivity index (χ4n) is 3.38. The van der Waals surface area contributed by atoms with Gasteiger partial charge in [0.25, 0.3) is 31.2 Å². The lowest BCUT2D eigenvalue weighted by Crippen LogP contribution is -2.50. The molecule has 194 valence electrons. The van der Waals surface area contributed by atoms with Crippen molar-refractivity contribution in [3.63, 3.8) is 0 Å². The van der Waals surface area contributed by atoms with Gasteiger partial charge in [-0.25, -0.2) is 34.5 Å². The van der Waals surface area contributed by atoms with Gasteiger partial charge in [0.15, 0.2) is 0 Å². The van der Waals surface area contributed by atoms with Crippen LogP contribution in [0.5, 0.6) is 0 Å². The molecular weight excluding hydrogens is 503 g/mol. The maximum Gasteiger partial charge on any atom is 0.397 e. The molecule has 0 saturated carbocycles. The molecule has 0 atom stereocenters. The minimum Gasteiger partial charge on any atom is -0.274 e. The minimum absolute atomic E-state index is 0.121. The molecule has 3 heterocycles. The van der Waals surface area contributed by atoms with E-state index in [9.17, 15) is 43.3 Å². The molecule has 0 unspecified atom stereocenters. The maximum atomic E-state index is 13.3. The van der Waals surface area contributed by atoms with Crippen LogP contribution >= 0.6 is 7.59 Å². The summed E-state index contributed by atoms with van der Waals surface area (Å²) >= 11 is 0. The molecule has 0 aliphatic carbocycles. The van der Waals surface area contributed by atoms with Crippen molar-refractivity contribution in [3.8, 4) is 0 Å². The zero-order valence-electron chi connectivity index (χ0n) is 18.9. The normalized spacial score (nSPS) is 19.4. The Morgan fingerprint density at radius 3 is 1.61 bits per heavy atom. The van der Waals surface area contributed by atoms with E-state index in [1.165, 1.54) is 0 Å². The highest BCUT2D eigenvalue weighted by molar-refractivity contribution is 7.57. The first kappa shape index (κ1) is 27.2. The van der Waals surface area contributed by atoms with Crippen molar-refractivity contribution in [2.45, 2.75) is 19.3 Å². The van der Waals surface area contributed by atoms with Crippen LogP contribution < -0.4 is 15.3 Å². The molecule has 0 aromatic carbocycles. The van der Waals surface area contributed by atoms with Gasteiger partial charge in [0, 0.05) is 57.0 Å². The molecular formula is C19H24N6O10P+. The molecule has 1 fully saturated rings. The van der Waals surface area contributed by atoms with E-state index >= 15 is 0 Å². The SMILES string of the molecule is O=C(CCNP(=O)(NCCN1C(=O)C=CC1=O)NCCN1C(=O)C=CC1=O)O[N+]1(O)C(=O)CCC1=O. The van der Waals surface area contributed by atoms with Crippen molar-refractivity contribution in [2.24, 2.45) is 0 Å². The molecule has 17 heteroatoms. The van der Waals surface area contributed by atoms with E-state index < -0.39 is 60.2 Å². The van der Waals surface area contributed by atoms with Crippen molar-refractivity contribution in [1.29, 1.82) is 0 Å². The number of hydroxylamine groups is 4. The molecule has 3 aliphatic heterocycles. The topological polar surface area (TPSA) is 209 Å². The molecule has 0 spiro atoms. The Bertz CT molecular complexity index is 1010. The van der Waals surface area contributed by atoms with Crippen molar-refractivity contribution in [3.05, 3.63) is 24.3 Å². The van der Waals surface area contributed by atoms with Gasteiger partial charge in [-0.15, -0.1) is 0 Å². The molecule has 36 heavy (non-hydrogen) atoms. The molecule has 0 aromatic rings. The van der Waals surface area contributed by atoms with E-state index in [2.05, 4.69) is 20.1 Å². The highest BCUT2D eigenvalue weighted by Gasteiger charge is 2.55. The summed E-state index contributed by atoms with van der Waals surface area (Å²) in [6.07, 6.45) is 3.30. The number of carbonyl (C=O) groups is 7. The van der Waals surface area contributed by atoms with Crippen LogP contribution in [0.25, 0.3) is 0 Å². The van der Waals surface area contributed by atoms with Gasteiger partial charge >= 0.3 is 17.8 Å². The van der Waals surface area contributed by atoms with Crippen molar-refractivity contribution < 1.29 is 53.0 Å². The molecule has 16 nitrogen and oxygen atoms in total. The summed E-state index contributed by atoms with van der Waals surface area (Å²) in [7, 11) is -3.74. The zero-order chi connectivity index (χ0) is 26.5. The Labute approximate surface area is 203 Å². The van der Waals surface area contributed by atoms with Crippen LogP contribution in [0, 0.1) is 0 Å². The molecule has 3 rings (SSSR count). The Kier molecular flexibility index (Phi) is 8.39. The molecule has 3 aliphatic rings. The monoisotopic (exact) mass is 527 g/mol. The van der Waals surface area contributed by atoms with E-state index in [0.29, 0.717) is 0 Å². The second-order valence-corrected chi connectivity index (χ2v) is 9.90. The number of nitrogens with one attached hydrogen (secondary N) is 3. The molecule has 6 amide bonds. The summed E-state index contributed by atoms with van der Waals surface area (Å²) in [6.45, 7) is -0.804. The summed E-state index contributed by atoms with van der Waals surface area (Å²) in [5, 5.41) is 17.7. The summed E-state index contributed by atoms with van der Waals surface area (Å²) in [6, 6.07) is 0. The lowest BCUT2D eigenvalue weighted by Gasteiger charge is -2.24. The van der Waals surface area contributed by atoms with Gasteiger partial charge in [0.05, 0.1) is 19.3 Å². The molecule has 0 bridgehead atoms. The van der Waals surface area contributed by atoms with Gasteiger partial charge in [-0.05, 0) is 0 Å². The van der Waals surface area contributed by atoms with Crippen LogP contribution in [-0.2, 0) is 43.0 Å². The number of hydrogen-bond acceptors (Lipinski definition) is 10. The Morgan fingerprint density at radius 1 is 0.806 bits per heavy atom. The van der Waals surface area contributed by atoms with Crippen molar-refractivity contribution in [2.75, 3.05) is 32.7 Å². The number of quaternary nitrogens is 1.